The van der Waals surface area contributed by atoms with Gasteiger partial charge in [0, 0.05) is 11.8 Å². The number of ether oxygens (including phenoxy) is 1. The lowest BCUT2D eigenvalue weighted by Gasteiger charge is -2.09. The minimum absolute atomic E-state index is 0.364. The average molecular weight is 310 g/mol. The molecule has 0 atom stereocenters. The van der Waals surface area contributed by atoms with Crippen molar-refractivity contribution >= 4 is 17.4 Å². The molecule has 1 aromatic carbocycles. The average Bonchev–Trinajstić information content (AvgIpc) is 3.10. The molecule has 0 unspecified atom stereocenters. The first kappa shape index (κ1) is 14.5. The highest BCUT2D eigenvalue weighted by Crippen LogP contribution is 2.17. The van der Waals surface area contributed by atoms with E-state index in [1.165, 1.54) is 0 Å². The molecule has 3 aromatic rings. The Bertz CT molecular complexity index is 786. The van der Waals surface area contributed by atoms with Crippen LogP contribution in [0, 0.1) is 0 Å². The quantitative estimate of drug-likeness (QED) is 0.771. The topological polar surface area (TPSA) is 94.0 Å². The number of benzene rings is 1. The molecule has 0 spiro atoms. The van der Waals surface area contributed by atoms with E-state index in [1.54, 1.807) is 66.9 Å². The van der Waals surface area contributed by atoms with Crippen LogP contribution in [0.1, 0.15) is 0 Å². The highest BCUT2D eigenvalue weighted by atomic mass is 16.5. The van der Waals surface area contributed by atoms with Gasteiger partial charge in [-0.1, -0.05) is 6.07 Å². The van der Waals surface area contributed by atoms with E-state index < -0.39 is 0 Å². The molecule has 8 nitrogen and oxygen atoms in total. The molecule has 0 bridgehead atoms. The molecule has 0 fully saturated rings. The van der Waals surface area contributed by atoms with Crippen LogP contribution in [0.15, 0.2) is 55.2 Å². The molecule has 8 heteroatoms. The third kappa shape index (κ3) is 3.62. The summed E-state index contributed by atoms with van der Waals surface area (Å²) in [6, 6.07) is 10.2. The van der Waals surface area contributed by atoms with Crippen molar-refractivity contribution in [3.8, 4) is 11.6 Å². The number of aromatic nitrogens is 4. The predicted octanol–water partition coefficient (Wildman–Crippen LogP) is 2.31. The summed E-state index contributed by atoms with van der Waals surface area (Å²) in [7, 11) is 1.57. The molecule has 116 valence electrons. The highest BCUT2D eigenvalue weighted by Gasteiger charge is 2.05. The maximum absolute atomic E-state index is 12.0. The number of pyridine rings is 1. The fraction of sp³-hybridized carbons (Fsp3) is 0.0667. The SMILES string of the molecule is COc1cccc(NC(=O)Nc2ccc(-n3cnnc3)nc2)c1. The normalized spacial score (nSPS) is 10.1. The molecule has 23 heavy (non-hydrogen) atoms. The second-order valence-electron chi connectivity index (χ2n) is 4.59. The standard InChI is InChI=1S/C15H14N6O2/c1-23-13-4-2-3-11(7-13)19-15(22)20-12-5-6-14(16-8-12)21-9-17-18-10-21/h2-10H,1H3,(H2,19,20,22). The first-order valence-electron chi connectivity index (χ1n) is 6.78. The second kappa shape index (κ2) is 6.56. The number of hydrogen-bond acceptors (Lipinski definition) is 5. The van der Waals surface area contributed by atoms with Gasteiger partial charge in [0.25, 0.3) is 0 Å². The second-order valence-corrected chi connectivity index (χ2v) is 4.59. The number of carbonyl (C=O) groups excluding carboxylic acids is 1. The third-order valence-corrected chi connectivity index (χ3v) is 3.02. The summed E-state index contributed by atoms with van der Waals surface area (Å²) in [6.45, 7) is 0. The fourth-order valence-electron chi connectivity index (χ4n) is 1.93. The van der Waals surface area contributed by atoms with Crippen molar-refractivity contribution in [2.45, 2.75) is 0 Å². The molecule has 0 aliphatic heterocycles. The van der Waals surface area contributed by atoms with E-state index >= 15 is 0 Å². The van der Waals surface area contributed by atoms with E-state index in [9.17, 15) is 4.79 Å². The molecule has 2 aromatic heterocycles. The van der Waals surface area contributed by atoms with E-state index in [-0.39, 0.29) is 6.03 Å². The van der Waals surface area contributed by atoms with Crippen LogP contribution in [0.3, 0.4) is 0 Å². The number of nitrogens with one attached hydrogen (secondary N) is 2. The van der Waals surface area contributed by atoms with Crippen molar-refractivity contribution in [1.82, 2.24) is 19.7 Å². The minimum atomic E-state index is -0.364. The molecule has 0 aliphatic rings. The molecule has 0 saturated carbocycles. The summed E-state index contributed by atoms with van der Waals surface area (Å²) in [6.07, 6.45) is 4.65. The van der Waals surface area contributed by atoms with E-state index in [1.807, 2.05) is 0 Å². The van der Waals surface area contributed by atoms with Gasteiger partial charge in [0.1, 0.15) is 24.2 Å². The summed E-state index contributed by atoms with van der Waals surface area (Å²) >= 11 is 0. The number of urea groups is 1. The van der Waals surface area contributed by atoms with Crippen LogP contribution in [-0.4, -0.2) is 32.9 Å². The number of rotatable bonds is 4. The highest BCUT2D eigenvalue weighted by molar-refractivity contribution is 5.99. The summed E-state index contributed by atoms with van der Waals surface area (Å²) in [5.41, 5.74) is 1.21. The van der Waals surface area contributed by atoms with Crippen molar-refractivity contribution in [3.63, 3.8) is 0 Å². The first-order chi connectivity index (χ1) is 11.2. The number of methoxy groups -OCH3 is 1. The predicted molar refractivity (Wildman–Crippen MR) is 84.8 cm³/mol. The summed E-state index contributed by atoms with van der Waals surface area (Å²) < 4.78 is 6.78. The van der Waals surface area contributed by atoms with Gasteiger partial charge in [0.2, 0.25) is 0 Å². The monoisotopic (exact) mass is 310 g/mol. The Balaban J connectivity index is 1.63. The number of nitrogens with zero attached hydrogens (tertiary/aromatic N) is 4. The maximum atomic E-state index is 12.0. The summed E-state index contributed by atoms with van der Waals surface area (Å²) in [5.74, 6) is 1.33. The van der Waals surface area contributed by atoms with Gasteiger partial charge in [-0.2, -0.15) is 0 Å². The Morgan fingerprint density at radius 3 is 2.57 bits per heavy atom. The zero-order valence-corrected chi connectivity index (χ0v) is 12.3. The molecule has 0 radical (unpaired) electrons. The molecule has 2 N–H and O–H groups in total. The molecular weight excluding hydrogens is 296 g/mol. The minimum Gasteiger partial charge on any atom is -0.497 e. The summed E-state index contributed by atoms with van der Waals surface area (Å²) in [4.78, 5) is 16.2. The van der Waals surface area contributed by atoms with Gasteiger partial charge in [-0.15, -0.1) is 10.2 Å². The van der Waals surface area contributed by atoms with Gasteiger partial charge < -0.3 is 15.4 Å². The van der Waals surface area contributed by atoms with Gasteiger partial charge in [-0.25, -0.2) is 9.78 Å². The van der Waals surface area contributed by atoms with E-state index in [0.29, 0.717) is 22.9 Å². The molecule has 2 heterocycles. The van der Waals surface area contributed by atoms with Crippen LogP contribution in [0.25, 0.3) is 5.82 Å². The molecule has 0 aliphatic carbocycles. The Labute approximate surface area is 132 Å². The molecule has 2 amide bonds. The summed E-state index contributed by atoms with van der Waals surface area (Å²) in [5, 5.41) is 12.9. The van der Waals surface area contributed by atoms with Gasteiger partial charge in [-0.3, -0.25) is 4.57 Å². The Hall–Kier alpha value is -3.42. The molecular formula is C15H14N6O2. The van der Waals surface area contributed by atoms with E-state index in [0.717, 1.165) is 0 Å². The molecule has 0 saturated heterocycles. The van der Waals surface area contributed by atoms with Gasteiger partial charge in [0.15, 0.2) is 0 Å². The van der Waals surface area contributed by atoms with Crippen LogP contribution < -0.4 is 15.4 Å². The van der Waals surface area contributed by atoms with Crippen LogP contribution in [-0.2, 0) is 0 Å². The number of carbonyl (C=O) groups is 1. The van der Waals surface area contributed by atoms with Crippen molar-refractivity contribution < 1.29 is 9.53 Å². The number of amides is 2. The van der Waals surface area contributed by atoms with Gasteiger partial charge in [0.05, 0.1) is 19.0 Å². The van der Waals surface area contributed by atoms with Crippen molar-refractivity contribution in [2.75, 3.05) is 17.7 Å². The smallest absolute Gasteiger partial charge is 0.323 e. The Morgan fingerprint density at radius 2 is 1.87 bits per heavy atom. The van der Waals surface area contributed by atoms with E-state index in [4.69, 9.17) is 4.74 Å². The van der Waals surface area contributed by atoms with E-state index in [2.05, 4.69) is 25.8 Å². The maximum Gasteiger partial charge on any atom is 0.323 e. The van der Waals surface area contributed by atoms with Crippen LogP contribution >= 0.6 is 0 Å². The zero-order chi connectivity index (χ0) is 16.1. The molecule has 3 rings (SSSR count). The lowest BCUT2D eigenvalue weighted by molar-refractivity contribution is 0.262. The lowest BCUT2D eigenvalue weighted by atomic mass is 10.3. The Kier molecular flexibility index (Phi) is 4.14. The van der Waals surface area contributed by atoms with Gasteiger partial charge in [-0.05, 0) is 24.3 Å². The Morgan fingerprint density at radius 1 is 1.09 bits per heavy atom. The zero-order valence-electron chi connectivity index (χ0n) is 12.3. The number of hydrogen-bond donors (Lipinski definition) is 2. The van der Waals surface area contributed by atoms with Crippen LogP contribution in [0.4, 0.5) is 16.2 Å². The van der Waals surface area contributed by atoms with Crippen molar-refractivity contribution in [2.24, 2.45) is 0 Å². The lowest BCUT2D eigenvalue weighted by Crippen LogP contribution is -2.19. The number of anilines is 2. The van der Waals surface area contributed by atoms with Crippen molar-refractivity contribution in [3.05, 3.63) is 55.2 Å². The fourth-order valence-corrected chi connectivity index (χ4v) is 1.93. The largest absolute Gasteiger partial charge is 0.497 e. The third-order valence-electron chi connectivity index (χ3n) is 3.02. The van der Waals surface area contributed by atoms with Crippen molar-refractivity contribution in [1.29, 1.82) is 0 Å². The van der Waals surface area contributed by atoms with Crippen LogP contribution in [0.5, 0.6) is 5.75 Å². The van der Waals surface area contributed by atoms with Gasteiger partial charge >= 0.3 is 6.03 Å². The first-order valence-corrected chi connectivity index (χ1v) is 6.78. The van der Waals surface area contributed by atoms with Crippen LogP contribution in [0.2, 0.25) is 0 Å².